The van der Waals surface area contributed by atoms with E-state index in [9.17, 15) is 4.79 Å². The topological polar surface area (TPSA) is 41.1 Å². The van der Waals surface area contributed by atoms with Crippen molar-refractivity contribution < 1.29 is 4.79 Å². The van der Waals surface area contributed by atoms with Gasteiger partial charge < -0.3 is 10.6 Å². The Bertz CT molecular complexity index is 621. The van der Waals surface area contributed by atoms with Gasteiger partial charge in [0, 0.05) is 22.8 Å². The third-order valence-electron chi connectivity index (χ3n) is 2.68. The number of carbonyl (C=O) groups is 1. The number of benzene rings is 2. The van der Waals surface area contributed by atoms with Crippen molar-refractivity contribution in [3.63, 3.8) is 0 Å². The fraction of sp³-hybridized carbons (Fsp3) is 0.0714. The molecule has 0 bridgehead atoms. The highest BCUT2D eigenvalue weighted by atomic mass is 79.9. The van der Waals surface area contributed by atoms with Crippen LogP contribution in [0.15, 0.2) is 40.9 Å². The largest absolute Gasteiger partial charge is 0.388 e. The van der Waals surface area contributed by atoms with Crippen LogP contribution in [0.3, 0.4) is 0 Å². The molecule has 6 heteroatoms. The van der Waals surface area contributed by atoms with E-state index in [0.717, 1.165) is 10.2 Å². The first kappa shape index (κ1) is 15.2. The van der Waals surface area contributed by atoms with E-state index in [1.807, 2.05) is 19.2 Å². The zero-order chi connectivity index (χ0) is 14.7. The minimum atomic E-state index is -0.265. The number of rotatable bonds is 3. The Morgan fingerprint density at radius 2 is 1.65 bits per heavy atom. The second-order valence-corrected chi connectivity index (χ2v) is 5.76. The summed E-state index contributed by atoms with van der Waals surface area (Å²) in [5, 5.41) is 6.46. The number of hydrogen-bond acceptors (Lipinski definition) is 2. The average molecular weight is 374 g/mol. The van der Waals surface area contributed by atoms with Crippen molar-refractivity contribution in [3.05, 3.63) is 56.5 Å². The van der Waals surface area contributed by atoms with Crippen LogP contribution in [-0.2, 0) is 0 Å². The number of nitrogens with one attached hydrogen (secondary N) is 2. The minimum absolute atomic E-state index is 0.265. The minimum Gasteiger partial charge on any atom is -0.388 e. The molecule has 0 aliphatic rings. The highest BCUT2D eigenvalue weighted by Crippen LogP contribution is 2.34. The van der Waals surface area contributed by atoms with E-state index in [1.54, 1.807) is 24.3 Å². The molecule has 2 aromatic rings. The van der Waals surface area contributed by atoms with Gasteiger partial charge in [-0.15, -0.1) is 0 Å². The Morgan fingerprint density at radius 3 is 2.15 bits per heavy atom. The van der Waals surface area contributed by atoms with Gasteiger partial charge in [-0.1, -0.05) is 39.1 Å². The highest BCUT2D eigenvalue weighted by Gasteiger charge is 2.12. The molecule has 0 aliphatic heterocycles. The van der Waals surface area contributed by atoms with Crippen LogP contribution in [-0.4, -0.2) is 13.0 Å². The molecule has 0 aliphatic carbocycles. The molecule has 0 heterocycles. The Morgan fingerprint density at radius 1 is 1.10 bits per heavy atom. The van der Waals surface area contributed by atoms with Crippen molar-refractivity contribution in [2.75, 3.05) is 17.7 Å². The van der Waals surface area contributed by atoms with Crippen molar-refractivity contribution in [1.29, 1.82) is 0 Å². The van der Waals surface area contributed by atoms with Gasteiger partial charge in [-0.25, -0.2) is 0 Å². The summed E-state index contributed by atoms with van der Waals surface area (Å²) in [6.45, 7) is 0. The van der Waals surface area contributed by atoms with Crippen molar-refractivity contribution in [2.24, 2.45) is 0 Å². The molecule has 0 spiro atoms. The summed E-state index contributed by atoms with van der Waals surface area (Å²) >= 11 is 15.4. The summed E-state index contributed by atoms with van der Waals surface area (Å²) in [4.78, 5) is 12.1. The molecular weight excluding hydrogens is 363 g/mol. The van der Waals surface area contributed by atoms with Crippen molar-refractivity contribution in [1.82, 2.24) is 0 Å². The quantitative estimate of drug-likeness (QED) is 0.790. The predicted octanol–water partition coefficient (Wildman–Crippen LogP) is 5.05. The molecule has 0 atom stereocenters. The van der Waals surface area contributed by atoms with Crippen molar-refractivity contribution in [2.45, 2.75) is 0 Å². The fourth-order valence-electron chi connectivity index (χ4n) is 1.64. The summed E-state index contributed by atoms with van der Waals surface area (Å²) in [7, 11) is 1.82. The van der Waals surface area contributed by atoms with Gasteiger partial charge >= 0.3 is 0 Å². The van der Waals surface area contributed by atoms with E-state index in [1.165, 1.54) is 0 Å². The molecule has 2 rings (SSSR count). The van der Waals surface area contributed by atoms with Crippen LogP contribution < -0.4 is 10.6 Å². The maximum atomic E-state index is 12.1. The van der Waals surface area contributed by atoms with Crippen LogP contribution in [0.4, 0.5) is 11.4 Å². The third kappa shape index (κ3) is 3.45. The molecule has 104 valence electrons. The van der Waals surface area contributed by atoms with Gasteiger partial charge in [0.2, 0.25) is 0 Å². The second-order valence-electron chi connectivity index (χ2n) is 4.03. The molecule has 2 N–H and O–H groups in total. The van der Waals surface area contributed by atoms with Gasteiger partial charge in [0.15, 0.2) is 0 Å². The molecular formula is C14H11BrCl2N2O. The lowest BCUT2D eigenvalue weighted by Crippen LogP contribution is -2.12. The van der Waals surface area contributed by atoms with Crippen molar-refractivity contribution in [3.8, 4) is 0 Å². The smallest absolute Gasteiger partial charge is 0.255 e. The van der Waals surface area contributed by atoms with E-state index in [0.29, 0.717) is 21.3 Å². The van der Waals surface area contributed by atoms with Gasteiger partial charge in [0.25, 0.3) is 5.91 Å². The zero-order valence-electron chi connectivity index (χ0n) is 10.5. The van der Waals surface area contributed by atoms with E-state index in [4.69, 9.17) is 23.2 Å². The summed E-state index contributed by atoms with van der Waals surface area (Å²) in [5.41, 5.74) is 1.86. The van der Waals surface area contributed by atoms with E-state index >= 15 is 0 Å². The van der Waals surface area contributed by atoms with Crippen LogP contribution >= 0.6 is 39.1 Å². The molecule has 2 aromatic carbocycles. The number of anilines is 2. The van der Waals surface area contributed by atoms with E-state index < -0.39 is 0 Å². The molecule has 0 saturated carbocycles. The Labute approximate surface area is 135 Å². The predicted molar refractivity (Wildman–Crippen MR) is 88.1 cm³/mol. The van der Waals surface area contributed by atoms with Crippen LogP contribution in [0, 0.1) is 0 Å². The first-order valence-corrected chi connectivity index (χ1v) is 7.30. The monoisotopic (exact) mass is 372 g/mol. The van der Waals surface area contributed by atoms with Crippen LogP contribution in [0.1, 0.15) is 10.4 Å². The summed E-state index contributed by atoms with van der Waals surface area (Å²) < 4.78 is 0.754. The molecule has 1 amide bonds. The standard InChI is InChI=1S/C14H11BrCl2N2O/c1-18-10-4-2-8(3-5-10)14(20)19-13-11(16)6-9(15)7-12(13)17/h2-7,18H,1H3,(H,19,20). The van der Waals surface area contributed by atoms with Crippen molar-refractivity contribution >= 4 is 56.4 Å². The lowest BCUT2D eigenvalue weighted by atomic mass is 10.2. The maximum Gasteiger partial charge on any atom is 0.255 e. The molecule has 0 radical (unpaired) electrons. The van der Waals surface area contributed by atoms with Crippen LogP contribution in [0.25, 0.3) is 0 Å². The first-order chi connectivity index (χ1) is 9.51. The fourth-order valence-corrected chi connectivity index (χ4v) is 2.94. The molecule has 0 unspecified atom stereocenters. The van der Waals surface area contributed by atoms with Gasteiger partial charge in [0.1, 0.15) is 0 Å². The summed E-state index contributed by atoms with van der Waals surface area (Å²) in [5.74, 6) is -0.265. The lowest BCUT2D eigenvalue weighted by molar-refractivity contribution is 0.102. The number of amides is 1. The van der Waals surface area contributed by atoms with E-state index in [-0.39, 0.29) is 5.91 Å². The SMILES string of the molecule is CNc1ccc(C(=O)Nc2c(Cl)cc(Br)cc2Cl)cc1. The highest BCUT2D eigenvalue weighted by molar-refractivity contribution is 9.10. The Hall–Kier alpha value is -1.23. The number of halogens is 3. The normalized spacial score (nSPS) is 10.2. The van der Waals surface area contributed by atoms with Gasteiger partial charge in [-0.05, 0) is 36.4 Å². The molecule has 0 fully saturated rings. The number of hydrogen-bond donors (Lipinski definition) is 2. The van der Waals surface area contributed by atoms with Crippen LogP contribution in [0.5, 0.6) is 0 Å². The number of carbonyl (C=O) groups excluding carboxylic acids is 1. The average Bonchev–Trinajstić information content (AvgIpc) is 2.42. The Kier molecular flexibility index (Phi) is 4.91. The molecule has 0 saturated heterocycles. The third-order valence-corrected chi connectivity index (χ3v) is 3.74. The maximum absolute atomic E-state index is 12.1. The van der Waals surface area contributed by atoms with Gasteiger partial charge in [-0.3, -0.25) is 4.79 Å². The zero-order valence-corrected chi connectivity index (χ0v) is 13.6. The molecule has 20 heavy (non-hydrogen) atoms. The van der Waals surface area contributed by atoms with Gasteiger partial charge in [0.05, 0.1) is 15.7 Å². The summed E-state index contributed by atoms with van der Waals surface area (Å²) in [6, 6.07) is 10.4. The second kappa shape index (κ2) is 6.48. The van der Waals surface area contributed by atoms with Crippen LogP contribution in [0.2, 0.25) is 10.0 Å². The van der Waals surface area contributed by atoms with Gasteiger partial charge in [-0.2, -0.15) is 0 Å². The molecule has 3 nitrogen and oxygen atoms in total. The Balaban J connectivity index is 2.23. The van der Waals surface area contributed by atoms with E-state index in [2.05, 4.69) is 26.6 Å². The molecule has 0 aromatic heterocycles. The lowest BCUT2D eigenvalue weighted by Gasteiger charge is -2.10. The first-order valence-electron chi connectivity index (χ1n) is 5.75. The summed E-state index contributed by atoms with van der Waals surface area (Å²) in [6.07, 6.45) is 0.